The minimum Gasteiger partial charge on any atom is -0.468 e. The van der Waals surface area contributed by atoms with E-state index in [1.165, 1.54) is 14.2 Å². The van der Waals surface area contributed by atoms with Crippen LogP contribution in [0.15, 0.2) is 5.10 Å². The number of hydrogen-bond acceptors (Lipinski definition) is 7. The zero-order chi connectivity index (χ0) is 15.1. The van der Waals surface area contributed by atoms with Crippen LogP contribution in [0.4, 0.5) is 0 Å². The Morgan fingerprint density at radius 1 is 1.15 bits per heavy atom. The fraction of sp³-hybridized carbons (Fsp3) is 0.545. The van der Waals surface area contributed by atoms with E-state index in [0.717, 1.165) is 4.90 Å². The number of ether oxygens (including phenoxy) is 2. The number of carbonyl (C=O) groups is 4. The normalized spacial score (nSPS) is 13.9. The summed E-state index contributed by atoms with van der Waals surface area (Å²) >= 11 is 0. The van der Waals surface area contributed by atoms with Gasteiger partial charge in [0.05, 0.1) is 14.2 Å². The average molecular weight is 285 g/mol. The molecule has 1 aliphatic rings. The Bertz CT molecular complexity index is 441. The van der Waals surface area contributed by atoms with E-state index in [4.69, 9.17) is 0 Å². The largest absolute Gasteiger partial charge is 0.468 e. The van der Waals surface area contributed by atoms with Gasteiger partial charge in [-0.3, -0.25) is 19.2 Å². The number of nitrogens with one attached hydrogen (secondary N) is 1. The van der Waals surface area contributed by atoms with Gasteiger partial charge < -0.3 is 14.4 Å². The molecule has 0 unspecified atom stereocenters. The van der Waals surface area contributed by atoms with Gasteiger partial charge in [-0.05, 0) is 0 Å². The highest BCUT2D eigenvalue weighted by Gasteiger charge is 2.27. The van der Waals surface area contributed by atoms with Crippen LogP contribution in [0.1, 0.15) is 12.8 Å². The molecule has 0 radical (unpaired) electrons. The molecule has 0 spiro atoms. The zero-order valence-corrected chi connectivity index (χ0v) is 11.2. The molecular formula is C11H15N3O6. The van der Waals surface area contributed by atoms with Crippen LogP contribution in [0.5, 0.6) is 0 Å². The maximum atomic E-state index is 12.1. The van der Waals surface area contributed by atoms with Gasteiger partial charge in [0.2, 0.25) is 5.91 Å². The summed E-state index contributed by atoms with van der Waals surface area (Å²) in [6.07, 6.45) is 0.262. The highest BCUT2D eigenvalue weighted by molar-refractivity contribution is 6.39. The van der Waals surface area contributed by atoms with Crippen LogP contribution in [0.3, 0.4) is 0 Å². The van der Waals surface area contributed by atoms with Crippen LogP contribution in [-0.4, -0.2) is 61.7 Å². The maximum absolute atomic E-state index is 12.1. The summed E-state index contributed by atoms with van der Waals surface area (Å²) in [5, 5.41) is 3.62. The molecule has 9 nitrogen and oxygen atoms in total. The fourth-order valence-corrected chi connectivity index (χ4v) is 1.45. The van der Waals surface area contributed by atoms with E-state index in [2.05, 4.69) is 20.0 Å². The average Bonchev–Trinajstić information content (AvgIpc) is 2.46. The summed E-state index contributed by atoms with van der Waals surface area (Å²) in [6, 6.07) is 0. The summed E-state index contributed by atoms with van der Waals surface area (Å²) in [5.41, 5.74) is 2.24. The van der Waals surface area contributed by atoms with E-state index in [1.54, 1.807) is 0 Å². The highest BCUT2D eigenvalue weighted by atomic mass is 16.5. The summed E-state index contributed by atoms with van der Waals surface area (Å²) in [6.45, 7) is -0.811. The van der Waals surface area contributed by atoms with Crippen LogP contribution >= 0.6 is 0 Å². The second-order valence-electron chi connectivity index (χ2n) is 3.91. The quantitative estimate of drug-likeness (QED) is 0.610. The third-order valence-corrected chi connectivity index (χ3v) is 2.53. The summed E-state index contributed by atoms with van der Waals surface area (Å²) in [7, 11) is 2.34. The Balaban J connectivity index is 2.80. The molecule has 1 aliphatic heterocycles. The van der Waals surface area contributed by atoms with Crippen LogP contribution in [-0.2, 0) is 28.7 Å². The van der Waals surface area contributed by atoms with E-state index in [9.17, 15) is 19.2 Å². The van der Waals surface area contributed by atoms with E-state index < -0.39 is 30.9 Å². The van der Waals surface area contributed by atoms with Gasteiger partial charge in [-0.1, -0.05) is 0 Å². The lowest BCUT2D eigenvalue weighted by molar-refractivity contribution is -0.150. The van der Waals surface area contributed by atoms with Crippen molar-refractivity contribution in [3.8, 4) is 0 Å². The van der Waals surface area contributed by atoms with Gasteiger partial charge in [-0.2, -0.15) is 5.10 Å². The van der Waals surface area contributed by atoms with Gasteiger partial charge in [-0.25, -0.2) is 5.43 Å². The van der Waals surface area contributed by atoms with E-state index in [-0.39, 0.29) is 24.5 Å². The molecule has 20 heavy (non-hydrogen) atoms. The highest BCUT2D eigenvalue weighted by Crippen LogP contribution is 2.04. The number of nitrogens with zero attached hydrogens (tertiary/aromatic N) is 2. The molecule has 0 fully saturated rings. The first-order chi connectivity index (χ1) is 9.47. The van der Waals surface area contributed by atoms with Gasteiger partial charge in [0.25, 0.3) is 5.91 Å². The second-order valence-corrected chi connectivity index (χ2v) is 3.91. The Morgan fingerprint density at radius 3 is 2.10 bits per heavy atom. The number of esters is 2. The lowest BCUT2D eigenvalue weighted by Gasteiger charge is -2.22. The summed E-state index contributed by atoms with van der Waals surface area (Å²) < 4.78 is 8.91. The minimum absolute atomic E-state index is 0.0670. The Kier molecular flexibility index (Phi) is 5.63. The van der Waals surface area contributed by atoms with Crippen LogP contribution in [0, 0.1) is 0 Å². The SMILES string of the molecule is COC(=O)CN(CC(=O)OC)C(=O)C1=NNC(=O)CC1. The van der Waals surface area contributed by atoms with Crippen LogP contribution in [0.2, 0.25) is 0 Å². The Labute approximate surface area is 114 Å². The lowest BCUT2D eigenvalue weighted by atomic mass is 10.1. The first-order valence-electron chi connectivity index (χ1n) is 5.76. The molecule has 110 valence electrons. The van der Waals surface area contributed by atoms with Crippen molar-refractivity contribution in [2.24, 2.45) is 5.10 Å². The standard InChI is InChI=1S/C11H15N3O6/c1-19-9(16)5-14(6-10(17)20-2)11(18)7-3-4-8(15)13-12-7/h3-6H2,1-2H3,(H,13,15). The molecule has 0 saturated heterocycles. The Morgan fingerprint density at radius 2 is 1.70 bits per heavy atom. The monoisotopic (exact) mass is 285 g/mol. The molecule has 0 aromatic heterocycles. The molecule has 0 bridgehead atoms. The third kappa shape index (κ3) is 4.34. The van der Waals surface area contributed by atoms with Crippen molar-refractivity contribution in [3.05, 3.63) is 0 Å². The first kappa shape index (κ1) is 15.6. The Hall–Kier alpha value is -2.45. The van der Waals surface area contributed by atoms with Gasteiger partial charge in [0.15, 0.2) is 0 Å². The number of hydrazone groups is 1. The predicted octanol–water partition coefficient (Wildman–Crippen LogP) is -1.57. The van der Waals surface area contributed by atoms with Crippen molar-refractivity contribution in [1.29, 1.82) is 0 Å². The topological polar surface area (TPSA) is 114 Å². The van der Waals surface area contributed by atoms with Gasteiger partial charge in [-0.15, -0.1) is 0 Å². The van der Waals surface area contributed by atoms with E-state index >= 15 is 0 Å². The van der Waals surface area contributed by atoms with Crippen molar-refractivity contribution in [2.45, 2.75) is 12.8 Å². The smallest absolute Gasteiger partial charge is 0.325 e. The second kappa shape index (κ2) is 7.22. The lowest BCUT2D eigenvalue weighted by Crippen LogP contribution is -2.45. The molecule has 0 atom stereocenters. The molecule has 1 heterocycles. The number of carbonyl (C=O) groups excluding carboxylic acids is 4. The number of methoxy groups -OCH3 is 2. The molecule has 1 N–H and O–H groups in total. The van der Waals surface area contributed by atoms with Crippen molar-refractivity contribution in [2.75, 3.05) is 27.3 Å². The number of hydrogen-bond donors (Lipinski definition) is 1. The molecule has 0 saturated carbocycles. The first-order valence-corrected chi connectivity index (χ1v) is 5.76. The van der Waals surface area contributed by atoms with Gasteiger partial charge in [0.1, 0.15) is 18.8 Å². The van der Waals surface area contributed by atoms with Crippen molar-refractivity contribution < 1.29 is 28.7 Å². The molecule has 0 aromatic carbocycles. The zero-order valence-electron chi connectivity index (χ0n) is 11.2. The van der Waals surface area contributed by atoms with Crippen molar-refractivity contribution in [3.63, 3.8) is 0 Å². The summed E-state index contributed by atoms with van der Waals surface area (Å²) in [5.74, 6) is -2.28. The third-order valence-electron chi connectivity index (χ3n) is 2.53. The van der Waals surface area contributed by atoms with E-state index in [0.29, 0.717) is 0 Å². The molecular weight excluding hydrogens is 270 g/mol. The summed E-state index contributed by atoms with van der Waals surface area (Å²) in [4.78, 5) is 46.6. The molecule has 9 heteroatoms. The van der Waals surface area contributed by atoms with E-state index in [1.807, 2.05) is 0 Å². The van der Waals surface area contributed by atoms with Crippen LogP contribution in [0.25, 0.3) is 0 Å². The fourth-order valence-electron chi connectivity index (χ4n) is 1.45. The van der Waals surface area contributed by atoms with Gasteiger partial charge in [0, 0.05) is 12.8 Å². The molecule has 1 rings (SSSR count). The predicted molar refractivity (Wildman–Crippen MR) is 65.4 cm³/mol. The van der Waals surface area contributed by atoms with Crippen molar-refractivity contribution in [1.82, 2.24) is 10.3 Å². The van der Waals surface area contributed by atoms with Crippen LogP contribution < -0.4 is 5.43 Å². The number of amides is 2. The van der Waals surface area contributed by atoms with Crippen molar-refractivity contribution >= 4 is 29.5 Å². The molecule has 0 aliphatic carbocycles. The van der Waals surface area contributed by atoms with Gasteiger partial charge >= 0.3 is 11.9 Å². The molecule has 2 amide bonds. The maximum Gasteiger partial charge on any atom is 0.325 e. The number of rotatable bonds is 5. The molecule has 0 aromatic rings. The minimum atomic E-state index is -0.678.